The largest absolute Gasteiger partial charge is 0.281 e. The van der Waals surface area contributed by atoms with Crippen molar-refractivity contribution < 1.29 is 0 Å². The summed E-state index contributed by atoms with van der Waals surface area (Å²) in [4.78, 5) is 1.33. The molecule has 0 unspecified atom stereocenters. The molecule has 2 nitrogen and oxygen atoms in total. The Kier molecular flexibility index (Phi) is 1.08. The Morgan fingerprint density at radius 2 is 2.30 bits per heavy atom. The van der Waals surface area contributed by atoms with Gasteiger partial charge in [0.2, 0.25) is 0 Å². The van der Waals surface area contributed by atoms with E-state index in [1.54, 1.807) is 11.3 Å². The average Bonchev–Trinajstić information content (AvgIpc) is 2.35. The van der Waals surface area contributed by atoms with Gasteiger partial charge in [-0.15, -0.1) is 11.3 Å². The van der Waals surface area contributed by atoms with E-state index in [-0.39, 0.29) is 0 Å². The molecule has 10 heavy (non-hydrogen) atoms. The molecule has 0 spiro atoms. The molecule has 0 bridgehead atoms. The molecule has 0 saturated heterocycles. The first kappa shape index (κ1) is 5.92. The molecule has 2 rings (SSSR count). The molecule has 2 aromatic rings. The standard InChI is InChI=1S/C7H8N2S/c1-4-3-6-7(10-4)5(2)8-9-6/h3H,1-2H3,(H,8,9). The number of rotatable bonds is 0. The van der Waals surface area contributed by atoms with Crippen LogP contribution in [0.1, 0.15) is 10.6 Å². The summed E-state index contributed by atoms with van der Waals surface area (Å²) in [5, 5.41) is 7.07. The van der Waals surface area contributed by atoms with Gasteiger partial charge in [0.05, 0.1) is 4.70 Å². The van der Waals surface area contributed by atoms with Crippen LogP contribution in [-0.2, 0) is 0 Å². The van der Waals surface area contributed by atoms with Gasteiger partial charge in [-0.25, -0.2) is 0 Å². The van der Waals surface area contributed by atoms with Gasteiger partial charge < -0.3 is 0 Å². The second-order valence-electron chi connectivity index (χ2n) is 2.42. The predicted octanol–water partition coefficient (Wildman–Crippen LogP) is 2.24. The summed E-state index contributed by atoms with van der Waals surface area (Å²) >= 11 is 1.79. The highest BCUT2D eigenvalue weighted by Crippen LogP contribution is 2.25. The number of hydrogen-bond donors (Lipinski definition) is 1. The fraction of sp³-hybridized carbons (Fsp3) is 0.286. The molecule has 0 aromatic carbocycles. The molecule has 0 amide bonds. The maximum atomic E-state index is 4.12. The van der Waals surface area contributed by atoms with E-state index in [2.05, 4.69) is 23.2 Å². The van der Waals surface area contributed by atoms with Crippen LogP contribution in [0.4, 0.5) is 0 Å². The molecule has 2 aromatic heterocycles. The molecule has 3 heteroatoms. The number of thiophene rings is 1. The SMILES string of the molecule is Cc1cc2n[nH]c(C)c2s1. The van der Waals surface area contributed by atoms with Gasteiger partial charge in [0, 0.05) is 10.6 Å². The maximum Gasteiger partial charge on any atom is 0.103 e. The quantitative estimate of drug-likeness (QED) is 0.616. The van der Waals surface area contributed by atoms with Crippen molar-refractivity contribution in [1.29, 1.82) is 0 Å². The first-order valence-electron chi connectivity index (χ1n) is 3.18. The number of aromatic amines is 1. The van der Waals surface area contributed by atoms with Crippen molar-refractivity contribution in [2.75, 3.05) is 0 Å². The van der Waals surface area contributed by atoms with Crippen LogP contribution in [-0.4, -0.2) is 10.2 Å². The van der Waals surface area contributed by atoms with Gasteiger partial charge in [-0.05, 0) is 19.9 Å². The monoisotopic (exact) mass is 152 g/mol. The lowest BCUT2D eigenvalue weighted by Crippen LogP contribution is -1.68. The van der Waals surface area contributed by atoms with Gasteiger partial charge in [0.1, 0.15) is 5.52 Å². The van der Waals surface area contributed by atoms with Crippen LogP contribution in [0.15, 0.2) is 6.07 Å². The summed E-state index contributed by atoms with van der Waals surface area (Å²) in [6.45, 7) is 4.15. The Bertz CT molecular complexity index is 358. The zero-order chi connectivity index (χ0) is 7.14. The number of H-pyrrole nitrogens is 1. The van der Waals surface area contributed by atoms with Crippen molar-refractivity contribution in [1.82, 2.24) is 10.2 Å². The Balaban J connectivity index is 2.90. The molecular formula is C7H8N2S. The van der Waals surface area contributed by atoms with Gasteiger partial charge in [-0.3, -0.25) is 5.10 Å². The molecule has 0 aliphatic rings. The second-order valence-corrected chi connectivity index (χ2v) is 3.68. The number of nitrogens with zero attached hydrogens (tertiary/aromatic N) is 1. The minimum atomic E-state index is 1.10. The lowest BCUT2D eigenvalue weighted by Gasteiger charge is -1.77. The van der Waals surface area contributed by atoms with Crippen LogP contribution >= 0.6 is 11.3 Å². The molecule has 0 saturated carbocycles. The van der Waals surface area contributed by atoms with E-state index in [1.807, 2.05) is 6.92 Å². The van der Waals surface area contributed by atoms with Crippen molar-refractivity contribution in [3.8, 4) is 0 Å². The van der Waals surface area contributed by atoms with Gasteiger partial charge in [0.15, 0.2) is 0 Å². The summed E-state index contributed by atoms with van der Waals surface area (Å²) in [6.07, 6.45) is 0. The lowest BCUT2D eigenvalue weighted by atomic mass is 10.4. The van der Waals surface area contributed by atoms with E-state index in [0.717, 1.165) is 5.52 Å². The molecule has 1 N–H and O–H groups in total. The summed E-state index contributed by atoms with van der Waals surface area (Å²) in [5.74, 6) is 0. The van der Waals surface area contributed by atoms with Gasteiger partial charge in [-0.1, -0.05) is 0 Å². The van der Waals surface area contributed by atoms with Crippen molar-refractivity contribution in [3.05, 3.63) is 16.6 Å². The lowest BCUT2D eigenvalue weighted by molar-refractivity contribution is 1.07. The second kappa shape index (κ2) is 1.83. The Morgan fingerprint density at radius 3 is 3.00 bits per heavy atom. The molecule has 0 aliphatic carbocycles. The highest BCUT2D eigenvalue weighted by Gasteiger charge is 2.02. The zero-order valence-corrected chi connectivity index (χ0v) is 6.75. The van der Waals surface area contributed by atoms with E-state index < -0.39 is 0 Å². The van der Waals surface area contributed by atoms with Gasteiger partial charge in [-0.2, -0.15) is 5.10 Å². The van der Waals surface area contributed by atoms with Gasteiger partial charge >= 0.3 is 0 Å². The fourth-order valence-corrected chi connectivity index (χ4v) is 1.95. The molecule has 52 valence electrons. The molecular weight excluding hydrogens is 144 g/mol. The zero-order valence-electron chi connectivity index (χ0n) is 5.93. The molecule has 2 heterocycles. The van der Waals surface area contributed by atoms with Crippen LogP contribution in [0.25, 0.3) is 10.2 Å². The maximum absolute atomic E-state index is 4.12. The molecule has 0 fully saturated rings. The number of hydrogen-bond acceptors (Lipinski definition) is 2. The first-order chi connectivity index (χ1) is 4.77. The van der Waals surface area contributed by atoms with E-state index in [4.69, 9.17) is 0 Å². The van der Waals surface area contributed by atoms with Crippen LogP contribution in [0.2, 0.25) is 0 Å². The normalized spacial score (nSPS) is 11.0. The first-order valence-corrected chi connectivity index (χ1v) is 4.00. The van der Waals surface area contributed by atoms with E-state index in [0.29, 0.717) is 0 Å². The van der Waals surface area contributed by atoms with E-state index >= 15 is 0 Å². The summed E-state index contributed by atoms with van der Waals surface area (Å²) in [5.41, 5.74) is 2.27. The third-order valence-electron chi connectivity index (χ3n) is 1.52. The van der Waals surface area contributed by atoms with Crippen molar-refractivity contribution in [3.63, 3.8) is 0 Å². The summed E-state index contributed by atoms with van der Waals surface area (Å²) in [7, 11) is 0. The van der Waals surface area contributed by atoms with Crippen LogP contribution in [0.5, 0.6) is 0 Å². The fourth-order valence-electron chi connectivity index (χ4n) is 1.05. The minimum absolute atomic E-state index is 1.10. The number of aryl methyl sites for hydroxylation is 2. The number of nitrogens with one attached hydrogen (secondary N) is 1. The average molecular weight is 152 g/mol. The van der Waals surface area contributed by atoms with Crippen molar-refractivity contribution >= 4 is 21.6 Å². The number of aromatic nitrogens is 2. The van der Waals surface area contributed by atoms with Crippen molar-refractivity contribution in [2.24, 2.45) is 0 Å². The topological polar surface area (TPSA) is 28.7 Å². The highest BCUT2D eigenvalue weighted by molar-refractivity contribution is 7.19. The smallest absolute Gasteiger partial charge is 0.103 e. The molecule has 0 radical (unpaired) electrons. The summed E-state index contributed by atoms with van der Waals surface area (Å²) in [6, 6.07) is 2.10. The number of fused-ring (bicyclic) bond motifs is 1. The summed E-state index contributed by atoms with van der Waals surface area (Å²) < 4.78 is 1.29. The molecule has 0 atom stereocenters. The predicted molar refractivity (Wildman–Crippen MR) is 43.4 cm³/mol. The Hall–Kier alpha value is -0.830. The van der Waals surface area contributed by atoms with Crippen LogP contribution in [0.3, 0.4) is 0 Å². The van der Waals surface area contributed by atoms with Crippen LogP contribution in [0, 0.1) is 13.8 Å². The van der Waals surface area contributed by atoms with Crippen LogP contribution < -0.4 is 0 Å². The minimum Gasteiger partial charge on any atom is -0.281 e. The van der Waals surface area contributed by atoms with Crippen molar-refractivity contribution in [2.45, 2.75) is 13.8 Å². The Morgan fingerprint density at radius 1 is 1.50 bits per heavy atom. The van der Waals surface area contributed by atoms with E-state index in [9.17, 15) is 0 Å². The Labute approximate surface area is 62.9 Å². The third kappa shape index (κ3) is 0.671. The molecule has 0 aliphatic heterocycles. The van der Waals surface area contributed by atoms with Gasteiger partial charge in [0.25, 0.3) is 0 Å². The van der Waals surface area contributed by atoms with E-state index in [1.165, 1.54) is 15.3 Å². The highest BCUT2D eigenvalue weighted by atomic mass is 32.1. The third-order valence-corrected chi connectivity index (χ3v) is 2.68.